The molecule has 4 fully saturated rings. The Morgan fingerprint density at radius 3 is 1.44 bits per heavy atom. The zero-order chi connectivity index (χ0) is 47.1. The van der Waals surface area contributed by atoms with Crippen molar-refractivity contribution in [3.05, 3.63) is 11.9 Å². The molecule has 0 radical (unpaired) electrons. The average molecular weight is 932 g/mol. The lowest BCUT2D eigenvalue weighted by Gasteiger charge is -2.46. The molecule has 4 aliphatic heterocycles. The van der Waals surface area contributed by atoms with Gasteiger partial charge in [0, 0.05) is 46.8 Å². The summed E-state index contributed by atoms with van der Waals surface area (Å²) in [6, 6.07) is 0. The summed E-state index contributed by atoms with van der Waals surface area (Å²) in [5.74, 6) is 0. The van der Waals surface area contributed by atoms with Crippen molar-refractivity contribution >= 4 is 0 Å². The highest BCUT2D eigenvalue weighted by Crippen LogP contribution is 2.31. The Morgan fingerprint density at radius 1 is 0.531 bits per heavy atom. The van der Waals surface area contributed by atoms with E-state index in [1.54, 1.807) is 17.8 Å². The van der Waals surface area contributed by atoms with E-state index in [0.29, 0.717) is 25.8 Å². The number of rotatable bonds is 23. The molecule has 0 spiro atoms. The number of ether oxygens (including phenoxy) is 12. The molecule has 4 aliphatic rings. The molecule has 20 atom stereocenters. The van der Waals surface area contributed by atoms with Gasteiger partial charge in [0.25, 0.3) is 0 Å². The Hall–Kier alpha value is -1.70. The maximum atomic E-state index is 11.5. The van der Waals surface area contributed by atoms with Gasteiger partial charge in [-0.1, -0.05) is 26.0 Å². The van der Waals surface area contributed by atoms with Crippen molar-refractivity contribution < 1.29 is 103 Å². The van der Waals surface area contributed by atoms with Gasteiger partial charge in [0.2, 0.25) is 0 Å². The molecule has 5 heterocycles. The minimum Gasteiger partial charge on any atom is -0.387 e. The van der Waals surface area contributed by atoms with Crippen LogP contribution in [0.1, 0.15) is 53.2 Å². The van der Waals surface area contributed by atoms with Crippen LogP contribution in [-0.2, 0) is 69.8 Å². The molecular weight excluding hydrogens is 858 g/mol. The highest BCUT2D eigenvalue weighted by molar-refractivity contribution is 4.96. The maximum absolute atomic E-state index is 11.5. The second-order valence-corrected chi connectivity index (χ2v) is 15.5. The molecule has 0 aliphatic carbocycles. The number of aliphatic hydroxyl groups excluding tert-OH is 9. The molecule has 0 saturated carbocycles. The van der Waals surface area contributed by atoms with Gasteiger partial charge in [-0.2, -0.15) is 0 Å². The van der Waals surface area contributed by atoms with Crippen molar-refractivity contribution in [2.24, 2.45) is 0 Å². The molecule has 64 heavy (non-hydrogen) atoms. The first-order chi connectivity index (χ1) is 30.8. The summed E-state index contributed by atoms with van der Waals surface area (Å²) in [6.07, 6.45) is -24.6. The van der Waals surface area contributed by atoms with Crippen molar-refractivity contribution in [3.8, 4) is 0 Å². The van der Waals surface area contributed by atoms with E-state index >= 15 is 0 Å². The van der Waals surface area contributed by atoms with E-state index < -0.39 is 136 Å². The lowest BCUT2D eigenvalue weighted by Crippen LogP contribution is -2.64. The molecule has 24 nitrogen and oxygen atoms in total. The molecule has 24 heteroatoms. The van der Waals surface area contributed by atoms with Crippen LogP contribution < -0.4 is 0 Å². The predicted octanol–water partition coefficient (Wildman–Crippen LogP) is -3.67. The minimum absolute atomic E-state index is 0.0824. The van der Waals surface area contributed by atoms with E-state index in [1.165, 1.54) is 14.2 Å². The highest BCUT2D eigenvalue weighted by Gasteiger charge is 2.52. The number of hydrogen-bond donors (Lipinski definition) is 9. The van der Waals surface area contributed by atoms with Crippen LogP contribution in [0.4, 0.5) is 0 Å². The number of aliphatic hydroxyl groups is 9. The van der Waals surface area contributed by atoms with Crippen LogP contribution in [0, 0.1) is 0 Å². The normalized spacial score (nSPS) is 40.5. The number of aryl methyl sites for hydroxylation is 2. The van der Waals surface area contributed by atoms with Gasteiger partial charge in [-0.3, -0.25) is 4.68 Å². The second-order valence-electron chi connectivity index (χ2n) is 15.5. The third-order valence-electron chi connectivity index (χ3n) is 11.1. The minimum atomic E-state index is -1.71. The topological polar surface area (TPSA) is 324 Å². The van der Waals surface area contributed by atoms with E-state index in [9.17, 15) is 46.0 Å². The molecule has 0 unspecified atom stereocenters. The van der Waals surface area contributed by atoms with Crippen LogP contribution in [0.3, 0.4) is 0 Å². The summed E-state index contributed by atoms with van der Waals surface area (Å²) >= 11 is 0. The monoisotopic (exact) mass is 931 g/mol. The lowest BCUT2D eigenvalue weighted by atomic mass is 9.97. The highest BCUT2D eigenvalue weighted by atomic mass is 16.8. The van der Waals surface area contributed by atoms with Crippen molar-refractivity contribution in [1.29, 1.82) is 0 Å². The summed E-state index contributed by atoms with van der Waals surface area (Å²) in [4.78, 5) is 0. The summed E-state index contributed by atoms with van der Waals surface area (Å²) in [5.41, 5.74) is 0.728. The zero-order valence-corrected chi connectivity index (χ0v) is 37.7. The Morgan fingerprint density at radius 2 is 0.984 bits per heavy atom. The van der Waals surface area contributed by atoms with E-state index in [0.717, 1.165) is 5.69 Å². The van der Waals surface area contributed by atoms with Gasteiger partial charge in [-0.25, -0.2) is 0 Å². The molecule has 0 bridgehead atoms. The van der Waals surface area contributed by atoms with Crippen molar-refractivity contribution in [2.45, 2.75) is 183 Å². The fraction of sp³-hybridized carbons (Fsp3) is 0.950. The Kier molecular flexibility index (Phi) is 23.4. The van der Waals surface area contributed by atoms with E-state index in [1.807, 2.05) is 27.7 Å². The lowest BCUT2D eigenvalue weighted by molar-refractivity contribution is -0.351. The average Bonchev–Trinajstić information content (AvgIpc) is 3.77. The first-order valence-electron chi connectivity index (χ1n) is 22.1. The predicted molar refractivity (Wildman–Crippen MR) is 216 cm³/mol. The first-order valence-corrected chi connectivity index (χ1v) is 22.1. The number of nitrogens with zero attached hydrogens (tertiary/aromatic N) is 3. The van der Waals surface area contributed by atoms with Crippen LogP contribution in [-0.4, -0.2) is 244 Å². The van der Waals surface area contributed by atoms with Gasteiger partial charge >= 0.3 is 0 Å². The van der Waals surface area contributed by atoms with E-state index in [4.69, 9.17) is 56.8 Å². The number of hydrogen-bond acceptors (Lipinski definition) is 23. The molecule has 0 amide bonds. The van der Waals surface area contributed by atoms with Crippen LogP contribution in [0.25, 0.3) is 0 Å². The van der Waals surface area contributed by atoms with Crippen LogP contribution >= 0.6 is 0 Å². The van der Waals surface area contributed by atoms with Crippen molar-refractivity contribution in [1.82, 2.24) is 15.0 Å². The third kappa shape index (κ3) is 13.9. The van der Waals surface area contributed by atoms with E-state index in [-0.39, 0.29) is 33.0 Å². The van der Waals surface area contributed by atoms with Crippen molar-refractivity contribution in [3.63, 3.8) is 0 Å². The Balaban J connectivity index is 0.00000442. The second kappa shape index (κ2) is 27.3. The van der Waals surface area contributed by atoms with E-state index in [2.05, 4.69) is 10.3 Å². The maximum Gasteiger partial charge on any atom is 0.186 e. The summed E-state index contributed by atoms with van der Waals surface area (Å²) in [6.45, 7) is 9.15. The van der Waals surface area contributed by atoms with Crippen molar-refractivity contribution in [2.75, 3.05) is 60.5 Å². The fourth-order valence-corrected chi connectivity index (χ4v) is 7.66. The molecule has 9 N–H and O–H groups in total. The smallest absolute Gasteiger partial charge is 0.186 e. The number of aromatic nitrogens is 3. The molecule has 5 rings (SSSR count). The molecule has 374 valence electrons. The first kappa shape index (κ1) is 54.9. The fourth-order valence-electron chi connectivity index (χ4n) is 7.66. The third-order valence-corrected chi connectivity index (χ3v) is 11.1. The van der Waals surface area contributed by atoms with Gasteiger partial charge in [0.15, 0.2) is 25.2 Å². The van der Waals surface area contributed by atoms with Crippen LogP contribution in [0.15, 0.2) is 6.20 Å². The largest absolute Gasteiger partial charge is 0.387 e. The van der Waals surface area contributed by atoms with Gasteiger partial charge in [0.05, 0.1) is 32.1 Å². The summed E-state index contributed by atoms with van der Waals surface area (Å²) < 4.78 is 70.9. The Labute approximate surface area is 373 Å². The number of methoxy groups -OCH3 is 2. The molecular formula is C40H73N3O21. The van der Waals surface area contributed by atoms with Gasteiger partial charge in [-0.15, -0.1) is 5.10 Å². The molecule has 1 aromatic heterocycles. The Bertz CT molecular complexity index is 1420. The molecule has 1 aromatic rings. The SMILES string of the molecule is CC.CCCO[C@H]1[C@H](O)[C@@H](O)[C@@H](OC[C@H]2O[C@H](OC)[C@H](O)[C@@H](O)[C@@H]2OCC)O[C@@H]1CO[C@H]1O[C@H](CO[C@H]2O[C@H](COC)[C@@H](O)[C@H](O)[C@H]2O)[C@@H](OCCCc2cn(CC)nn2)[C@H](O)[C@H]1O. The van der Waals surface area contributed by atoms with Crippen LogP contribution in [0.2, 0.25) is 0 Å². The zero-order valence-electron chi connectivity index (χ0n) is 37.7. The molecule has 4 saturated heterocycles. The summed E-state index contributed by atoms with van der Waals surface area (Å²) in [7, 11) is 2.65. The standard InChI is InChI=1S/C38H67N3O21.C2H6/c1-6-11-54-33-21(61-37(30(49)26(33)45)57-15-20-32(53-8-3)25(44)29(48)35(52-5)60-20)16-58-38-31(50)27(46)34(55-12-9-10-18-13-41(7-2)40-39-18)22(62-38)17-56-36-28(47)24(43)23(42)19(59-36)14-51-4;1-2/h13,19-38,42-50H,6-12,14-17H2,1-5H3;1-2H3/t19-,20-,21-,22-,23-,24+,25-,26-,27-,28-,29-,30-,31-,32-,33-,34-,35+,36+,37+,38+;/m1./s1. The van der Waals surface area contributed by atoms with Gasteiger partial charge in [0.1, 0.15) is 97.7 Å². The van der Waals surface area contributed by atoms with Gasteiger partial charge < -0.3 is 103 Å². The van der Waals surface area contributed by atoms with Gasteiger partial charge in [-0.05, 0) is 33.1 Å². The quantitative estimate of drug-likeness (QED) is 0.0478. The summed E-state index contributed by atoms with van der Waals surface area (Å²) in [5, 5.41) is 106. The van der Waals surface area contributed by atoms with Crippen LogP contribution in [0.5, 0.6) is 0 Å². The molecule has 0 aromatic carbocycles.